The Morgan fingerprint density at radius 3 is 2.48 bits per heavy atom. The summed E-state index contributed by atoms with van der Waals surface area (Å²) in [7, 11) is -1.33. The van der Waals surface area contributed by atoms with Crippen molar-refractivity contribution in [3.8, 4) is 0 Å². The van der Waals surface area contributed by atoms with E-state index in [0.717, 1.165) is 45.3 Å². The van der Waals surface area contributed by atoms with Crippen LogP contribution in [-0.4, -0.2) is 68.6 Å². The molecule has 1 N–H and O–H groups in total. The van der Waals surface area contributed by atoms with Crippen molar-refractivity contribution in [2.75, 3.05) is 39.0 Å². The van der Waals surface area contributed by atoms with Crippen LogP contribution < -0.4 is 5.32 Å². The molecular weight excluding hydrogens is 314 g/mol. The molecule has 7 heteroatoms. The highest BCUT2D eigenvalue weighted by molar-refractivity contribution is 7.89. The molecule has 2 rings (SSSR count). The number of hydrogen-bond acceptors (Lipinski definition) is 4. The van der Waals surface area contributed by atoms with Crippen LogP contribution >= 0.6 is 0 Å². The molecule has 2 aliphatic rings. The van der Waals surface area contributed by atoms with E-state index in [9.17, 15) is 13.2 Å². The predicted molar refractivity (Wildman–Crippen MR) is 91.7 cm³/mol. The van der Waals surface area contributed by atoms with Gasteiger partial charge in [0.15, 0.2) is 0 Å². The number of piperidine rings is 1. The lowest BCUT2D eigenvalue weighted by molar-refractivity contribution is -0.136. The first-order chi connectivity index (χ1) is 11.0. The van der Waals surface area contributed by atoms with Gasteiger partial charge in [0.25, 0.3) is 0 Å². The van der Waals surface area contributed by atoms with Crippen molar-refractivity contribution in [3.63, 3.8) is 0 Å². The van der Waals surface area contributed by atoms with Gasteiger partial charge >= 0.3 is 0 Å². The molecule has 2 aliphatic heterocycles. The smallest absolute Gasteiger partial charge is 0.241 e. The molecule has 2 saturated heterocycles. The fraction of sp³-hybridized carbons (Fsp3) is 0.938. The minimum atomic E-state index is -3.29. The second-order valence-corrected chi connectivity index (χ2v) is 8.79. The molecule has 0 aromatic rings. The SMILES string of the molecule is CCCS(=O)(=O)N1CCCC1C(=O)N1CCC(CCNC)CC1. The topological polar surface area (TPSA) is 69.7 Å². The molecule has 1 amide bonds. The summed E-state index contributed by atoms with van der Waals surface area (Å²) in [6.45, 7) is 4.92. The van der Waals surface area contributed by atoms with E-state index in [1.54, 1.807) is 0 Å². The van der Waals surface area contributed by atoms with Crippen LogP contribution in [0.1, 0.15) is 45.4 Å². The highest BCUT2D eigenvalue weighted by Gasteiger charge is 2.40. The molecule has 0 aromatic carbocycles. The number of rotatable bonds is 7. The van der Waals surface area contributed by atoms with Crippen LogP contribution in [0.15, 0.2) is 0 Å². The molecule has 0 aromatic heterocycles. The van der Waals surface area contributed by atoms with Crippen molar-refractivity contribution in [1.29, 1.82) is 0 Å². The maximum atomic E-state index is 12.8. The first-order valence-electron chi connectivity index (χ1n) is 8.92. The first kappa shape index (κ1) is 18.7. The summed E-state index contributed by atoms with van der Waals surface area (Å²) in [5, 5.41) is 3.17. The molecule has 1 unspecified atom stereocenters. The molecule has 2 heterocycles. The summed E-state index contributed by atoms with van der Waals surface area (Å²) in [6.07, 6.45) is 5.26. The van der Waals surface area contributed by atoms with Gasteiger partial charge in [-0.1, -0.05) is 6.92 Å². The minimum absolute atomic E-state index is 0.0224. The van der Waals surface area contributed by atoms with E-state index in [0.29, 0.717) is 25.3 Å². The predicted octanol–water partition coefficient (Wildman–Crippen LogP) is 1.04. The summed E-state index contributed by atoms with van der Waals surface area (Å²) in [5.41, 5.74) is 0. The zero-order valence-electron chi connectivity index (χ0n) is 14.5. The molecule has 0 radical (unpaired) electrons. The van der Waals surface area contributed by atoms with Gasteiger partial charge in [-0.05, 0) is 58.0 Å². The fourth-order valence-electron chi connectivity index (χ4n) is 3.70. The van der Waals surface area contributed by atoms with E-state index < -0.39 is 16.1 Å². The number of carbonyl (C=O) groups excluding carboxylic acids is 1. The monoisotopic (exact) mass is 345 g/mol. The Bertz CT molecular complexity index is 487. The highest BCUT2D eigenvalue weighted by atomic mass is 32.2. The Balaban J connectivity index is 1.92. The van der Waals surface area contributed by atoms with Gasteiger partial charge < -0.3 is 10.2 Å². The van der Waals surface area contributed by atoms with E-state index in [1.807, 2.05) is 18.9 Å². The van der Waals surface area contributed by atoms with Crippen molar-refractivity contribution in [3.05, 3.63) is 0 Å². The summed E-state index contributed by atoms with van der Waals surface area (Å²) in [4.78, 5) is 14.7. The third-order valence-electron chi connectivity index (χ3n) is 5.04. The maximum Gasteiger partial charge on any atom is 0.241 e. The Morgan fingerprint density at radius 2 is 1.87 bits per heavy atom. The second-order valence-electron chi connectivity index (χ2n) is 6.75. The quantitative estimate of drug-likeness (QED) is 0.748. The van der Waals surface area contributed by atoms with Crippen LogP contribution in [0, 0.1) is 5.92 Å². The number of hydrogen-bond donors (Lipinski definition) is 1. The van der Waals surface area contributed by atoms with E-state index in [1.165, 1.54) is 4.31 Å². The number of sulfonamides is 1. The molecule has 0 saturated carbocycles. The van der Waals surface area contributed by atoms with Crippen molar-refractivity contribution >= 4 is 15.9 Å². The summed E-state index contributed by atoms with van der Waals surface area (Å²) < 4.78 is 26.2. The molecule has 134 valence electrons. The Morgan fingerprint density at radius 1 is 1.17 bits per heavy atom. The zero-order chi connectivity index (χ0) is 16.9. The molecular formula is C16H31N3O3S. The largest absolute Gasteiger partial charge is 0.341 e. The van der Waals surface area contributed by atoms with Gasteiger partial charge in [0.05, 0.1) is 5.75 Å². The van der Waals surface area contributed by atoms with Crippen LogP contribution in [0.2, 0.25) is 0 Å². The van der Waals surface area contributed by atoms with Crippen molar-refractivity contribution < 1.29 is 13.2 Å². The number of nitrogens with one attached hydrogen (secondary N) is 1. The molecule has 0 spiro atoms. The average molecular weight is 346 g/mol. The lowest BCUT2D eigenvalue weighted by atomic mass is 9.93. The molecule has 0 bridgehead atoms. The van der Waals surface area contributed by atoms with E-state index in [2.05, 4.69) is 5.32 Å². The lowest BCUT2D eigenvalue weighted by Crippen LogP contribution is -2.50. The normalized spacial score (nSPS) is 24.3. The Kier molecular flexibility index (Phi) is 6.85. The van der Waals surface area contributed by atoms with Crippen LogP contribution in [0.4, 0.5) is 0 Å². The van der Waals surface area contributed by atoms with Crippen LogP contribution in [0.25, 0.3) is 0 Å². The average Bonchev–Trinajstić information content (AvgIpc) is 3.03. The fourth-order valence-corrected chi connectivity index (χ4v) is 5.44. The lowest BCUT2D eigenvalue weighted by Gasteiger charge is -2.35. The summed E-state index contributed by atoms with van der Waals surface area (Å²) in [6, 6.07) is -0.458. The zero-order valence-corrected chi connectivity index (χ0v) is 15.3. The second kappa shape index (κ2) is 8.44. The summed E-state index contributed by atoms with van der Waals surface area (Å²) >= 11 is 0. The molecule has 1 atom stereocenters. The number of nitrogens with zero attached hydrogens (tertiary/aromatic N) is 2. The van der Waals surface area contributed by atoms with Crippen LogP contribution in [0.3, 0.4) is 0 Å². The molecule has 0 aliphatic carbocycles. The van der Waals surface area contributed by atoms with E-state index in [4.69, 9.17) is 0 Å². The van der Waals surface area contributed by atoms with Gasteiger partial charge in [-0.2, -0.15) is 4.31 Å². The van der Waals surface area contributed by atoms with Crippen molar-refractivity contribution in [2.45, 2.75) is 51.5 Å². The van der Waals surface area contributed by atoms with Crippen LogP contribution in [0.5, 0.6) is 0 Å². The maximum absolute atomic E-state index is 12.8. The van der Waals surface area contributed by atoms with E-state index in [-0.39, 0.29) is 11.7 Å². The van der Waals surface area contributed by atoms with Gasteiger partial charge in [-0.15, -0.1) is 0 Å². The summed E-state index contributed by atoms with van der Waals surface area (Å²) in [5.74, 6) is 0.840. The van der Waals surface area contributed by atoms with Gasteiger partial charge in [0.2, 0.25) is 15.9 Å². The molecule has 23 heavy (non-hydrogen) atoms. The van der Waals surface area contributed by atoms with Crippen molar-refractivity contribution in [2.24, 2.45) is 5.92 Å². The molecule has 6 nitrogen and oxygen atoms in total. The third kappa shape index (κ3) is 4.67. The van der Waals surface area contributed by atoms with Gasteiger partial charge in [-0.3, -0.25) is 4.79 Å². The first-order valence-corrected chi connectivity index (χ1v) is 10.5. The number of amides is 1. The van der Waals surface area contributed by atoms with E-state index >= 15 is 0 Å². The standard InChI is InChI=1S/C16H31N3O3S/c1-3-13-23(21,22)19-10-4-5-15(19)16(20)18-11-7-14(8-12-18)6-9-17-2/h14-15,17H,3-13H2,1-2H3. The number of carbonyl (C=O) groups is 1. The third-order valence-corrected chi connectivity index (χ3v) is 7.11. The van der Waals surface area contributed by atoms with Crippen LogP contribution in [-0.2, 0) is 14.8 Å². The minimum Gasteiger partial charge on any atom is -0.341 e. The van der Waals surface area contributed by atoms with Gasteiger partial charge in [0, 0.05) is 19.6 Å². The van der Waals surface area contributed by atoms with Crippen molar-refractivity contribution in [1.82, 2.24) is 14.5 Å². The number of likely N-dealkylation sites (tertiary alicyclic amines) is 1. The Hall–Kier alpha value is -0.660. The highest BCUT2D eigenvalue weighted by Crippen LogP contribution is 2.26. The van der Waals surface area contributed by atoms with Gasteiger partial charge in [0.1, 0.15) is 6.04 Å². The molecule has 2 fully saturated rings. The van der Waals surface area contributed by atoms with Gasteiger partial charge in [-0.25, -0.2) is 8.42 Å². The Labute approximate surface area is 140 Å².